The third kappa shape index (κ3) is 2.28. The second-order valence-electron chi connectivity index (χ2n) is 4.62. The Morgan fingerprint density at radius 3 is 2.65 bits per heavy atom. The van der Waals surface area contributed by atoms with Crippen LogP contribution in [0.25, 0.3) is 5.57 Å². The second-order valence-corrected chi connectivity index (χ2v) is 4.62. The molecule has 0 aromatic heterocycles. The van der Waals surface area contributed by atoms with Crippen LogP contribution in [0.5, 0.6) is 0 Å². The third-order valence-electron chi connectivity index (χ3n) is 3.55. The Balaban J connectivity index is 2.49. The number of fused-ring (bicyclic) bond motifs is 1. The number of nitrogen functional groups attached to an aromatic ring is 1. The minimum atomic E-state index is 0.994. The summed E-state index contributed by atoms with van der Waals surface area (Å²) in [4.78, 5) is 0. The van der Waals surface area contributed by atoms with Gasteiger partial charge in [-0.15, -0.1) is 0 Å². The monoisotopic (exact) mass is 227 g/mol. The van der Waals surface area contributed by atoms with Crippen molar-refractivity contribution in [3.05, 3.63) is 47.1 Å². The molecule has 0 radical (unpaired) electrons. The molecule has 1 aliphatic rings. The fourth-order valence-corrected chi connectivity index (χ4v) is 2.63. The van der Waals surface area contributed by atoms with E-state index in [9.17, 15) is 0 Å². The summed E-state index contributed by atoms with van der Waals surface area (Å²) in [5, 5.41) is 0. The minimum absolute atomic E-state index is 0.994. The predicted octanol–water partition coefficient (Wildman–Crippen LogP) is 4.13. The number of hydrogen-bond acceptors (Lipinski definition) is 1. The van der Waals surface area contributed by atoms with Crippen molar-refractivity contribution in [1.29, 1.82) is 0 Å². The van der Waals surface area contributed by atoms with Crippen LogP contribution >= 0.6 is 0 Å². The Kier molecular flexibility index (Phi) is 3.68. The van der Waals surface area contributed by atoms with Gasteiger partial charge in [-0.3, -0.25) is 0 Å². The molecule has 17 heavy (non-hydrogen) atoms. The van der Waals surface area contributed by atoms with Crippen LogP contribution in [0.15, 0.2) is 30.4 Å². The van der Waals surface area contributed by atoms with Gasteiger partial charge in [0.2, 0.25) is 0 Å². The first-order valence-electron chi connectivity index (χ1n) is 6.47. The number of aryl methyl sites for hydroxylation is 1. The molecular formula is C16H21N. The van der Waals surface area contributed by atoms with Crippen molar-refractivity contribution in [1.82, 2.24) is 0 Å². The van der Waals surface area contributed by atoms with E-state index in [1.165, 1.54) is 41.5 Å². The van der Waals surface area contributed by atoms with E-state index in [0.29, 0.717) is 0 Å². The average molecular weight is 227 g/mol. The van der Waals surface area contributed by atoms with Crippen LogP contribution < -0.4 is 5.73 Å². The molecule has 0 amide bonds. The zero-order valence-corrected chi connectivity index (χ0v) is 10.8. The smallest absolute Gasteiger partial charge is 0.0428 e. The van der Waals surface area contributed by atoms with Gasteiger partial charge in [0.05, 0.1) is 0 Å². The largest absolute Gasteiger partial charge is 0.398 e. The summed E-state index contributed by atoms with van der Waals surface area (Å²) >= 11 is 0. The summed E-state index contributed by atoms with van der Waals surface area (Å²) in [6.07, 6.45) is 11.2. The van der Waals surface area contributed by atoms with E-state index in [1.54, 1.807) is 0 Å². The number of hydrogen-bond donors (Lipinski definition) is 1. The maximum absolute atomic E-state index is 6.34. The van der Waals surface area contributed by atoms with Gasteiger partial charge in [0.1, 0.15) is 0 Å². The lowest BCUT2D eigenvalue weighted by Crippen LogP contribution is -2.08. The highest BCUT2D eigenvalue weighted by Crippen LogP contribution is 2.32. The molecule has 1 heteroatoms. The maximum atomic E-state index is 6.34. The van der Waals surface area contributed by atoms with Crippen LogP contribution in [0.4, 0.5) is 5.69 Å². The molecule has 0 saturated heterocycles. The summed E-state index contributed by atoms with van der Waals surface area (Å²) < 4.78 is 0. The van der Waals surface area contributed by atoms with Gasteiger partial charge in [0.25, 0.3) is 0 Å². The van der Waals surface area contributed by atoms with Gasteiger partial charge in [0, 0.05) is 11.3 Å². The van der Waals surface area contributed by atoms with Crippen LogP contribution in [0.3, 0.4) is 0 Å². The molecule has 1 nitrogen and oxygen atoms in total. The fraction of sp³-hybridized carbons (Fsp3) is 0.375. The van der Waals surface area contributed by atoms with E-state index in [-0.39, 0.29) is 0 Å². The Morgan fingerprint density at radius 1 is 1.18 bits per heavy atom. The van der Waals surface area contributed by atoms with E-state index in [0.717, 1.165) is 12.1 Å². The number of anilines is 1. The Labute approximate surface area is 104 Å². The van der Waals surface area contributed by atoms with Crippen LogP contribution in [0.1, 0.15) is 43.4 Å². The number of benzene rings is 1. The molecule has 1 aliphatic carbocycles. The minimum Gasteiger partial charge on any atom is -0.398 e. The van der Waals surface area contributed by atoms with Crippen LogP contribution in [-0.4, -0.2) is 0 Å². The molecule has 0 heterocycles. The third-order valence-corrected chi connectivity index (χ3v) is 3.55. The lowest BCUT2D eigenvalue weighted by atomic mass is 9.87. The number of allylic oxidation sites excluding steroid dienone is 4. The Hall–Kier alpha value is -1.50. The Bertz CT molecular complexity index is 467. The second kappa shape index (κ2) is 5.22. The molecule has 0 saturated carbocycles. The lowest BCUT2D eigenvalue weighted by Gasteiger charge is -2.20. The predicted molar refractivity (Wildman–Crippen MR) is 76.0 cm³/mol. The zero-order chi connectivity index (χ0) is 12.3. The quantitative estimate of drug-likeness (QED) is 0.596. The van der Waals surface area contributed by atoms with Crippen molar-refractivity contribution in [3.63, 3.8) is 0 Å². The summed E-state index contributed by atoms with van der Waals surface area (Å²) in [7, 11) is 0. The first-order chi connectivity index (χ1) is 8.27. The Morgan fingerprint density at radius 2 is 1.94 bits per heavy atom. The lowest BCUT2D eigenvalue weighted by molar-refractivity contribution is 0.687. The molecule has 2 N–H and O–H groups in total. The fourth-order valence-electron chi connectivity index (χ4n) is 2.63. The molecule has 0 fully saturated rings. The molecule has 90 valence electrons. The van der Waals surface area contributed by atoms with E-state index >= 15 is 0 Å². The molecule has 0 aliphatic heterocycles. The number of rotatable bonds is 2. The molecule has 0 spiro atoms. The van der Waals surface area contributed by atoms with E-state index < -0.39 is 0 Å². The molecule has 1 aromatic rings. The van der Waals surface area contributed by atoms with Crippen molar-refractivity contribution < 1.29 is 0 Å². The van der Waals surface area contributed by atoms with Gasteiger partial charge in [-0.1, -0.05) is 30.4 Å². The summed E-state index contributed by atoms with van der Waals surface area (Å²) in [6.45, 7) is 4.10. The van der Waals surface area contributed by atoms with Crippen molar-refractivity contribution >= 4 is 11.3 Å². The first kappa shape index (κ1) is 12.0. The van der Waals surface area contributed by atoms with Crippen molar-refractivity contribution in [2.45, 2.75) is 39.5 Å². The molecule has 0 atom stereocenters. The molecular weight excluding hydrogens is 206 g/mol. The maximum Gasteiger partial charge on any atom is 0.0428 e. The topological polar surface area (TPSA) is 26.0 Å². The van der Waals surface area contributed by atoms with Gasteiger partial charge >= 0.3 is 0 Å². The normalized spacial score (nSPS) is 16.2. The van der Waals surface area contributed by atoms with E-state index in [2.05, 4.69) is 37.3 Å². The van der Waals surface area contributed by atoms with Gasteiger partial charge in [-0.05, 0) is 56.2 Å². The van der Waals surface area contributed by atoms with Crippen LogP contribution in [-0.2, 0) is 12.8 Å². The molecule has 1 aromatic carbocycles. The SMILES string of the molecule is C/C=C\C(=C/C)c1ccc2c(c1N)CCCC2. The van der Waals surface area contributed by atoms with Crippen LogP contribution in [0.2, 0.25) is 0 Å². The van der Waals surface area contributed by atoms with Crippen molar-refractivity contribution in [2.24, 2.45) is 0 Å². The van der Waals surface area contributed by atoms with Gasteiger partial charge in [0.15, 0.2) is 0 Å². The van der Waals surface area contributed by atoms with Crippen molar-refractivity contribution in [2.75, 3.05) is 5.73 Å². The summed E-state index contributed by atoms with van der Waals surface area (Å²) in [6, 6.07) is 4.43. The molecule has 0 unspecified atom stereocenters. The van der Waals surface area contributed by atoms with Crippen LogP contribution in [0, 0.1) is 0 Å². The standard InChI is InChI=1S/C16H21N/c1-3-7-12(4-2)15-11-10-13-8-5-6-9-14(13)16(15)17/h3-4,7,10-11H,5-6,8-9,17H2,1-2H3/b7-3-,12-4+. The van der Waals surface area contributed by atoms with Gasteiger partial charge < -0.3 is 5.73 Å². The highest BCUT2D eigenvalue weighted by Gasteiger charge is 2.15. The van der Waals surface area contributed by atoms with Crippen molar-refractivity contribution in [3.8, 4) is 0 Å². The van der Waals surface area contributed by atoms with E-state index in [1.807, 2.05) is 6.92 Å². The van der Waals surface area contributed by atoms with Gasteiger partial charge in [-0.2, -0.15) is 0 Å². The molecule has 0 bridgehead atoms. The zero-order valence-electron chi connectivity index (χ0n) is 10.8. The number of nitrogens with two attached hydrogens (primary N) is 1. The molecule has 2 rings (SSSR count). The summed E-state index contributed by atoms with van der Waals surface area (Å²) in [5.41, 5.74) is 12.6. The highest BCUT2D eigenvalue weighted by atomic mass is 14.6. The first-order valence-corrected chi connectivity index (χ1v) is 6.47. The van der Waals surface area contributed by atoms with E-state index in [4.69, 9.17) is 5.73 Å². The average Bonchev–Trinajstić information content (AvgIpc) is 2.37. The van der Waals surface area contributed by atoms with Gasteiger partial charge in [-0.25, -0.2) is 0 Å². The summed E-state index contributed by atoms with van der Waals surface area (Å²) in [5.74, 6) is 0. The highest BCUT2D eigenvalue weighted by molar-refractivity contribution is 5.83.